The van der Waals surface area contributed by atoms with E-state index in [1.165, 1.54) is 23.4 Å². The summed E-state index contributed by atoms with van der Waals surface area (Å²) >= 11 is 1.09. The minimum absolute atomic E-state index is 0.0184. The zero-order chi connectivity index (χ0) is 33.2. The number of fused-ring (bicyclic) bond motifs is 1. The van der Waals surface area contributed by atoms with Crippen molar-refractivity contribution < 1.29 is 35.9 Å². The van der Waals surface area contributed by atoms with E-state index in [-0.39, 0.29) is 36.5 Å². The molecule has 0 aliphatic carbocycles. The summed E-state index contributed by atoms with van der Waals surface area (Å²) in [7, 11) is -3.54. The predicted octanol–water partition coefficient (Wildman–Crippen LogP) is 2.98. The van der Waals surface area contributed by atoms with Gasteiger partial charge in [-0.1, -0.05) is 6.07 Å². The summed E-state index contributed by atoms with van der Waals surface area (Å²) in [5.41, 5.74) is 1.43. The lowest BCUT2D eigenvalue weighted by Gasteiger charge is -2.28. The Morgan fingerprint density at radius 3 is 2.52 bits per heavy atom. The zero-order valence-electron chi connectivity index (χ0n) is 26.1. The van der Waals surface area contributed by atoms with Crippen molar-refractivity contribution in [3.05, 3.63) is 35.0 Å². The molecule has 3 aliphatic heterocycles. The Morgan fingerprint density at radius 2 is 1.85 bits per heavy atom. The van der Waals surface area contributed by atoms with Crippen LogP contribution >= 0.6 is 11.8 Å². The molecular weight excluding hydrogens is 648 g/mol. The van der Waals surface area contributed by atoms with E-state index in [0.29, 0.717) is 81.1 Å². The SMILES string of the molecule is CC(=O)NC1CCN(CC(O)Cn2nc(-c3ccc(C(F)(F)F)c(SCCN4CCC(F)CC4)c3)c3c2CCN(S(C)(=O)=O)C3)C1. The van der Waals surface area contributed by atoms with E-state index in [9.17, 15) is 35.9 Å². The van der Waals surface area contributed by atoms with Gasteiger partial charge in [0, 0.05) is 99.2 Å². The summed E-state index contributed by atoms with van der Waals surface area (Å²) in [5, 5.41) is 18.7. The molecule has 0 spiro atoms. The van der Waals surface area contributed by atoms with Gasteiger partial charge in [0.1, 0.15) is 6.17 Å². The Bertz CT molecular complexity index is 1500. The third-order valence-electron chi connectivity index (χ3n) is 8.84. The Morgan fingerprint density at radius 1 is 1.13 bits per heavy atom. The highest BCUT2D eigenvalue weighted by molar-refractivity contribution is 7.99. The molecule has 1 aromatic heterocycles. The number of aromatic nitrogens is 2. The number of halogens is 4. The number of carbonyl (C=O) groups excluding carboxylic acids is 1. The molecule has 256 valence electrons. The molecular formula is C30H42F4N6O4S2. The van der Waals surface area contributed by atoms with Crippen LogP contribution in [0.5, 0.6) is 0 Å². The van der Waals surface area contributed by atoms with Crippen LogP contribution in [0.3, 0.4) is 0 Å². The van der Waals surface area contributed by atoms with Gasteiger partial charge in [0.15, 0.2) is 0 Å². The number of sulfonamides is 1. The van der Waals surface area contributed by atoms with Crippen LogP contribution in [-0.4, -0.2) is 119 Å². The van der Waals surface area contributed by atoms with Crippen molar-refractivity contribution in [3.63, 3.8) is 0 Å². The summed E-state index contributed by atoms with van der Waals surface area (Å²) in [6.45, 7) is 5.21. The maximum atomic E-state index is 14.1. The molecule has 46 heavy (non-hydrogen) atoms. The van der Waals surface area contributed by atoms with E-state index in [2.05, 4.69) is 15.1 Å². The number of likely N-dealkylation sites (tertiary alicyclic amines) is 2. The van der Waals surface area contributed by atoms with Gasteiger partial charge in [-0.2, -0.15) is 22.6 Å². The molecule has 0 radical (unpaired) electrons. The summed E-state index contributed by atoms with van der Waals surface area (Å²) in [6.07, 6.45) is -3.12. The minimum atomic E-state index is -4.57. The first kappa shape index (κ1) is 35.1. The highest BCUT2D eigenvalue weighted by Crippen LogP contribution is 2.40. The third kappa shape index (κ3) is 8.81. The summed E-state index contributed by atoms with van der Waals surface area (Å²) in [6, 6.07) is 3.90. The Kier molecular flexibility index (Phi) is 11.0. The lowest BCUT2D eigenvalue weighted by molar-refractivity contribution is -0.139. The molecule has 10 nitrogen and oxygen atoms in total. The van der Waals surface area contributed by atoms with E-state index in [4.69, 9.17) is 5.10 Å². The van der Waals surface area contributed by atoms with Gasteiger partial charge in [-0.25, -0.2) is 12.8 Å². The first-order valence-electron chi connectivity index (χ1n) is 15.6. The van der Waals surface area contributed by atoms with E-state index in [1.54, 1.807) is 4.68 Å². The molecule has 2 atom stereocenters. The van der Waals surface area contributed by atoms with Gasteiger partial charge < -0.3 is 15.3 Å². The van der Waals surface area contributed by atoms with Crippen LogP contribution in [0.4, 0.5) is 17.6 Å². The number of thioether (sulfide) groups is 1. The molecule has 2 saturated heterocycles. The van der Waals surface area contributed by atoms with E-state index >= 15 is 0 Å². The fraction of sp³-hybridized carbons (Fsp3) is 0.667. The van der Waals surface area contributed by atoms with Gasteiger partial charge in [-0.3, -0.25) is 14.4 Å². The van der Waals surface area contributed by atoms with Crippen LogP contribution < -0.4 is 5.32 Å². The second kappa shape index (κ2) is 14.5. The van der Waals surface area contributed by atoms with Crippen molar-refractivity contribution in [3.8, 4) is 11.3 Å². The number of rotatable bonds is 11. The topological polar surface area (TPSA) is 111 Å². The second-order valence-electron chi connectivity index (χ2n) is 12.5. The molecule has 2 N–H and O–H groups in total. The first-order chi connectivity index (χ1) is 21.7. The number of carbonyl (C=O) groups is 1. The Hall–Kier alpha value is -2.24. The van der Waals surface area contributed by atoms with Crippen LogP contribution in [0.15, 0.2) is 23.1 Å². The number of benzene rings is 1. The zero-order valence-corrected chi connectivity index (χ0v) is 27.7. The molecule has 2 aromatic rings. The molecule has 5 rings (SSSR count). The lowest BCUT2D eigenvalue weighted by Crippen LogP contribution is -2.39. The quantitative estimate of drug-likeness (QED) is 0.274. The molecule has 1 aromatic carbocycles. The van der Waals surface area contributed by atoms with E-state index in [0.717, 1.165) is 36.2 Å². The van der Waals surface area contributed by atoms with Crippen LogP contribution in [0.2, 0.25) is 0 Å². The normalized spacial score (nSPS) is 21.4. The highest BCUT2D eigenvalue weighted by Gasteiger charge is 2.35. The van der Waals surface area contributed by atoms with Crippen LogP contribution in [0, 0.1) is 0 Å². The van der Waals surface area contributed by atoms with Crippen molar-refractivity contribution in [2.45, 2.75) is 75.1 Å². The number of hydrogen-bond donors (Lipinski definition) is 2. The van der Waals surface area contributed by atoms with Crippen molar-refractivity contribution in [2.75, 3.05) is 57.8 Å². The van der Waals surface area contributed by atoms with Gasteiger partial charge in [-0.05, 0) is 31.4 Å². The maximum Gasteiger partial charge on any atom is 0.417 e. The van der Waals surface area contributed by atoms with Crippen LogP contribution in [0.1, 0.15) is 43.0 Å². The third-order valence-corrected chi connectivity index (χ3v) is 11.1. The largest absolute Gasteiger partial charge is 0.417 e. The summed E-state index contributed by atoms with van der Waals surface area (Å²) in [5.74, 6) is 0.290. The van der Waals surface area contributed by atoms with Gasteiger partial charge in [0.05, 0.1) is 30.2 Å². The molecule has 0 bridgehead atoms. The lowest BCUT2D eigenvalue weighted by atomic mass is 10.0. The van der Waals surface area contributed by atoms with Gasteiger partial charge >= 0.3 is 6.18 Å². The molecule has 3 aliphatic rings. The number of nitrogens with zero attached hydrogens (tertiary/aromatic N) is 5. The number of nitrogens with one attached hydrogen (secondary N) is 1. The smallest absolute Gasteiger partial charge is 0.390 e. The van der Waals surface area contributed by atoms with E-state index in [1.807, 2.05) is 0 Å². The molecule has 2 fully saturated rings. The fourth-order valence-electron chi connectivity index (χ4n) is 6.52. The Labute approximate surface area is 271 Å². The maximum absolute atomic E-state index is 14.1. The second-order valence-corrected chi connectivity index (χ2v) is 15.6. The number of β-amino-alcohol motifs (C(OH)–C–C–N with tert-alkyl or cyclic N) is 1. The van der Waals surface area contributed by atoms with Crippen LogP contribution in [0.25, 0.3) is 11.3 Å². The molecule has 16 heteroatoms. The summed E-state index contributed by atoms with van der Waals surface area (Å²) in [4.78, 5) is 15.6. The van der Waals surface area contributed by atoms with Crippen molar-refractivity contribution in [2.24, 2.45) is 0 Å². The number of aliphatic hydroxyl groups excluding tert-OH is 1. The van der Waals surface area contributed by atoms with Gasteiger partial charge in [-0.15, -0.1) is 11.8 Å². The number of piperidine rings is 1. The minimum Gasteiger partial charge on any atom is -0.390 e. The highest BCUT2D eigenvalue weighted by atomic mass is 32.2. The van der Waals surface area contributed by atoms with Gasteiger partial charge in [0.2, 0.25) is 15.9 Å². The van der Waals surface area contributed by atoms with E-state index < -0.39 is 34.0 Å². The van der Waals surface area contributed by atoms with Crippen molar-refractivity contribution >= 4 is 27.7 Å². The molecule has 0 saturated carbocycles. The number of aliphatic hydroxyl groups is 1. The standard InChI is InChI=1S/C30H42F4N6O4S2/c1-20(41)35-23-7-11-38(16-23)17-24(42)18-40-27-8-12-39(46(2,43)44)19-25(27)29(36-40)21-3-4-26(30(32,33)34)28(15-21)45-14-13-37-9-5-22(31)6-10-37/h3-4,15,22-24,42H,5-14,16-19H2,1-2H3,(H,35,41). The molecule has 1 amide bonds. The van der Waals surface area contributed by atoms with Crippen LogP contribution in [-0.2, 0) is 40.5 Å². The number of alkyl halides is 4. The average molecular weight is 691 g/mol. The first-order valence-corrected chi connectivity index (χ1v) is 18.4. The van der Waals surface area contributed by atoms with Crippen molar-refractivity contribution in [1.29, 1.82) is 0 Å². The molecule has 4 heterocycles. The van der Waals surface area contributed by atoms with Gasteiger partial charge in [0.25, 0.3) is 0 Å². The van der Waals surface area contributed by atoms with Crippen molar-refractivity contribution in [1.82, 2.24) is 29.2 Å². The fourth-order valence-corrected chi connectivity index (χ4v) is 8.43. The average Bonchev–Trinajstić information content (AvgIpc) is 3.56. The number of amides is 1. The Balaban J connectivity index is 1.39. The molecule has 2 unspecified atom stereocenters. The number of hydrogen-bond acceptors (Lipinski definition) is 8. The monoisotopic (exact) mass is 690 g/mol. The summed E-state index contributed by atoms with van der Waals surface area (Å²) < 4.78 is 83.6. The predicted molar refractivity (Wildman–Crippen MR) is 168 cm³/mol.